The molecule has 0 atom stereocenters. The molecule has 29 heavy (non-hydrogen) atoms. The molecule has 7 heteroatoms. The van der Waals surface area contributed by atoms with Crippen LogP contribution in [0.5, 0.6) is 11.5 Å². The molecule has 0 spiro atoms. The van der Waals surface area contributed by atoms with Crippen molar-refractivity contribution in [3.05, 3.63) is 62.6 Å². The second kappa shape index (κ2) is 10.9. The number of nitriles is 1. The average Bonchev–Trinajstić information content (AvgIpc) is 2.66. The van der Waals surface area contributed by atoms with Gasteiger partial charge in [0.2, 0.25) is 0 Å². The van der Waals surface area contributed by atoms with Crippen LogP contribution in [0.1, 0.15) is 31.9 Å². The zero-order valence-corrected chi connectivity index (χ0v) is 18.8. The molecule has 0 saturated carbocycles. The lowest BCUT2D eigenvalue weighted by Crippen LogP contribution is -2.30. The summed E-state index contributed by atoms with van der Waals surface area (Å²) >= 11 is 9.69. The highest BCUT2D eigenvalue weighted by Gasteiger charge is 2.15. The molecule has 0 bridgehead atoms. The molecule has 5 nitrogen and oxygen atoms in total. The first-order chi connectivity index (χ1) is 13.8. The van der Waals surface area contributed by atoms with Gasteiger partial charge in [0.25, 0.3) is 5.91 Å². The second-order valence-electron chi connectivity index (χ2n) is 6.44. The van der Waals surface area contributed by atoms with Gasteiger partial charge in [0, 0.05) is 16.6 Å². The number of carbonyl (C=O) groups excluding carboxylic acids is 1. The van der Waals surface area contributed by atoms with Crippen molar-refractivity contribution in [3.8, 4) is 17.6 Å². The maximum Gasteiger partial charge on any atom is 0.262 e. The van der Waals surface area contributed by atoms with Crippen LogP contribution in [0.3, 0.4) is 0 Å². The Morgan fingerprint density at radius 3 is 2.66 bits per heavy atom. The number of hydrogen-bond acceptors (Lipinski definition) is 4. The van der Waals surface area contributed by atoms with Gasteiger partial charge in [0.15, 0.2) is 11.5 Å². The molecule has 0 radical (unpaired) electrons. The highest BCUT2D eigenvalue weighted by atomic mass is 79.9. The predicted octanol–water partition coefficient (Wildman–Crippen LogP) is 5.51. The van der Waals surface area contributed by atoms with Gasteiger partial charge >= 0.3 is 0 Å². The summed E-state index contributed by atoms with van der Waals surface area (Å²) in [5.41, 5.74) is 1.50. The third-order valence-corrected chi connectivity index (χ3v) is 4.72. The third-order valence-electron chi connectivity index (χ3n) is 3.76. The van der Waals surface area contributed by atoms with E-state index in [0.717, 1.165) is 5.56 Å². The fourth-order valence-corrected chi connectivity index (χ4v) is 3.26. The van der Waals surface area contributed by atoms with Gasteiger partial charge in [-0.1, -0.05) is 29.8 Å². The van der Waals surface area contributed by atoms with Crippen LogP contribution in [0, 0.1) is 11.3 Å². The lowest BCUT2D eigenvalue weighted by Gasteiger charge is -2.15. The van der Waals surface area contributed by atoms with E-state index in [0.29, 0.717) is 33.2 Å². The number of benzene rings is 2. The minimum atomic E-state index is -0.421. The molecular formula is C22H22BrClN2O3. The Morgan fingerprint density at radius 1 is 1.31 bits per heavy atom. The summed E-state index contributed by atoms with van der Waals surface area (Å²) in [5, 5.41) is 12.7. The Morgan fingerprint density at radius 2 is 2.03 bits per heavy atom. The van der Waals surface area contributed by atoms with E-state index in [1.165, 1.54) is 6.08 Å². The number of hydrogen-bond donors (Lipinski definition) is 1. The van der Waals surface area contributed by atoms with E-state index in [4.69, 9.17) is 21.1 Å². The van der Waals surface area contributed by atoms with E-state index >= 15 is 0 Å². The molecule has 2 aromatic carbocycles. The number of carbonyl (C=O) groups is 1. The van der Waals surface area contributed by atoms with Crippen LogP contribution in [0.15, 0.2) is 46.4 Å². The van der Waals surface area contributed by atoms with Crippen LogP contribution in [-0.4, -0.2) is 18.6 Å². The van der Waals surface area contributed by atoms with Crippen molar-refractivity contribution in [3.63, 3.8) is 0 Å². The van der Waals surface area contributed by atoms with Gasteiger partial charge in [0.05, 0.1) is 11.1 Å². The smallest absolute Gasteiger partial charge is 0.262 e. The molecule has 0 unspecified atom stereocenters. The summed E-state index contributed by atoms with van der Waals surface area (Å²) in [4.78, 5) is 12.2. The van der Waals surface area contributed by atoms with Gasteiger partial charge in [-0.15, -0.1) is 0 Å². The molecule has 0 aliphatic heterocycles. The molecule has 152 valence electrons. The number of nitrogens with zero attached hydrogens (tertiary/aromatic N) is 1. The van der Waals surface area contributed by atoms with Crippen molar-refractivity contribution < 1.29 is 14.3 Å². The molecule has 2 aromatic rings. The van der Waals surface area contributed by atoms with Crippen molar-refractivity contribution >= 4 is 39.5 Å². The summed E-state index contributed by atoms with van der Waals surface area (Å²) in [6.45, 7) is 6.24. The second-order valence-corrected chi connectivity index (χ2v) is 7.70. The molecule has 0 aliphatic rings. The molecule has 1 amide bonds. The summed E-state index contributed by atoms with van der Waals surface area (Å²) in [6, 6.07) is 12.8. The zero-order chi connectivity index (χ0) is 21.4. The molecule has 0 aliphatic carbocycles. The minimum Gasteiger partial charge on any atom is -0.490 e. The largest absolute Gasteiger partial charge is 0.490 e. The van der Waals surface area contributed by atoms with E-state index in [1.54, 1.807) is 18.2 Å². The van der Waals surface area contributed by atoms with Gasteiger partial charge in [0.1, 0.15) is 18.2 Å². The lowest BCUT2D eigenvalue weighted by atomic mass is 10.1. The van der Waals surface area contributed by atoms with E-state index in [2.05, 4.69) is 21.2 Å². The van der Waals surface area contributed by atoms with Crippen molar-refractivity contribution in [1.29, 1.82) is 5.26 Å². The minimum absolute atomic E-state index is 0.0118. The summed E-state index contributed by atoms with van der Waals surface area (Å²) in [6.07, 6.45) is 1.52. The van der Waals surface area contributed by atoms with E-state index < -0.39 is 5.91 Å². The first-order valence-electron chi connectivity index (χ1n) is 9.10. The summed E-state index contributed by atoms with van der Waals surface area (Å²) < 4.78 is 12.3. The molecule has 0 aromatic heterocycles. The standard InChI is InChI=1S/C22H22BrClN2O3/c1-4-28-20-11-15(9-17(12-25)22(27)26-14(2)3)10-18(23)21(20)29-13-16-7-5-6-8-19(16)24/h5-11,14H,4,13H2,1-3H3,(H,26,27)/b17-9-. The third kappa shape index (κ3) is 6.52. The molecule has 1 N–H and O–H groups in total. The lowest BCUT2D eigenvalue weighted by molar-refractivity contribution is -0.117. The maximum absolute atomic E-state index is 12.2. The topological polar surface area (TPSA) is 71.3 Å². The summed E-state index contributed by atoms with van der Waals surface area (Å²) in [5.74, 6) is 0.603. The first kappa shape index (κ1) is 22.8. The first-order valence-corrected chi connectivity index (χ1v) is 10.3. The van der Waals surface area contributed by atoms with Crippen LogP contribution in [0.4, 0.5) is 0 Å². The van der Waals surface area contributed by atoms with Gasteiger partial charge in [-0.3, -0.25) is 4.79 Å². The Hall–Kier alpha value is -2.49. The van der Waals surface area contributed by atoms with Gasteiger partial charge in [-0.2, -0.15) is 5.26 Å². The van der Waals surface area contributed by atoms with E-state index in [-0.39, 0.29) is 18.2 Å². The normalized spacial score (nSPS) is 11.1. The van der Waals surface area contributed by atoms with E-state index in [1.807, 2.05) is 45.0 Å². The summed E-state index contributed by atoms with van der Waals surface area (Å²) in [7, 11) is 0. The molecule has 0 fully saturated rings. The molecule has 0 heterocycles. The maximum atomic E-state index is 12.2. The van der Waals surface area contributed by atoms with Gasteiger partial charge in [-0.05, 0) is 66.5 Å². The predicted molar refractivity (Wildman–Crippen MR) is 118 cm³/mol. The Labute approximate surface area is 184 Å². The van der Waals surface area contributed by atoms with Crippen molar-refractivity contribution in [2.75, 3.05) is 6.61 Å². The van der Waals surface area contributed by atoms with Gasteiger partial charge in [-0.25, -0.2) is 0 Å². The van der Waals surface area contributed by atoms with Crippen molar-refractivity contribution in [2.24, 2.45) is 0 Å². The molecule has 0 saturated heterocycles. The number of amides is 1. The van der Waals surface area contributed by atoms with Crippen molar-refractivity contribution in [2.45, 2.75) is 33.4 Å². The zero-order valence-electron chi connectivity index (χ0n) is 16.5. The quantitative estimate of drug-likeness (QED) is 0.402. The molecule has 2 rings (SSSR count). The van der Waals surface area contributed by atoms with Crippen molar-refractivity contribution in [1.82, 2.24) is 5.32 Å². The van der Waals surface area contributed by atoms with Crippen LogP contribution >= 0.6 is 27.5 Å². The Balaban J connectivity index is 2.34. The highest BCUT2D eigenvalue weighted by Crippen LogP contribution is 2.38. The number of halogens is 2. The van der Waals surface area contributed by atoms with Crippen LogP contribution in [-0.2, 0) is 11.4 Å². The monoisotopic (exact) mass is 476 g/mol. The van der Waals surface area contributed by atoms with Crippen LogP contribution < -0.4 is 14.8 Å². The number of nitrogens with one attached hydrogen (secondary N) is 1. The SMILES string of the molecule is CCOc1cc(/C=C(/C#N)C(=O)NC(C)C)cc(Br)c1OCc1ccccc1Cl. The fraction of sp³-hybridized carbons (Fsp3) is 0.273. The number of rotatable bonds is 8. The number of ether oxygens (including phenoxy) is 2. The average molecular weight is 478 g/mol. The fourth-order valence-electron chi connectivity index (χ4n) is 2.49. The Bertz CT molecular complexity index is 952. The molecular weight excluding hydrogens is 456 g/mol. The van der Waals surface area contributed by atoms with E-state index in [9.17, 15) is 10.1 Å². The highest BCUT2D eigenvalue weighted by molar-refractivity contribution is 9.10. The van der Waals surface area contributed by atoms with Crippen LogP contribution in [0.2, 0.25) is 5.02 Å². The van der Waals surface area contributed by atoms with Crippen LogP contribution in [0.25, 0.3) is 6.08 Å². The Kier molecular flexibility index (Phi) is 8.56. The van der Waals surface area contributed by atoms with Gasteiger partial charge < -0.3 is 14.8 Å².